The van der Waals surface area contributed by atoms with Gasteiger partial charge < -0.3 is 14.8 Å². The maximum Gasteiger partial charge on any atom is 0.123 e. The molecule has 0 aliphatic heterocycles. The van der Waals surface area contributed by atoms with Gasteiger partial charge in [0.1, 0.15) is 11.5 Å². The fourth-order valence-electron chi connectivity index (χ4n) is 3.27. The van der Waals surface area contributed by atoms with Crippen LogP contribution in [0.3, 0.4) is 0 Å². The molecule has 0 aromatic heterocycles. The molecule has 0 saturated heterocycles. The normalized spacial score (nSPS) is 24.2. The molecular formula is C18H29NO2. The minimum Gasteiger partial charge on any atom is -0.497 e. The first-order chi connectivity index (χ1) is 10.1. The summed E-state index contributed by atoms with van der Waals surface area (Å²) in [4.78, 5) is 0. The zero-order valence-corrected chi connectivity index (χ0v) is 13.8. The zero-order chi connectivity index (χ0) is 15.2. The molecule has 0 bridgehead atoms. The highest BCUT2D eigenvalue weighted by molar-refractivity contribution is 5.42. The minimum atomic E-state index is 0.272. The lowest BCUT2D eigenvalue weighted by Gasteiger charge is -2.24. The average Bonchev–Trinajstić information content (AvgIpc) is 2.71. The van der Waals surface area contributed by atoms with Crippen LogP contribution in [0.2, 0.25) is 0 Å². The lowest BCUT2D eigenvalue weighted by atomic mass is 10.0. The summed E-state index contributed by atoms with van der Waals surface area (Å²) in [6, 6.07) is 6.90. The molecule has 0 radical (unpaired) electrons. The summed E-state index contributed by atoms with van der Waals surface area (Å²) >= 11 is 0. The Balaban J connectivity index is 2.06. The minimum absolute atomic E-state index is 0.272. The number of hydrogen-bond donors (Lipinski definition) is 1. The van der Waals surface area contributed by atoms with Crippen LogP contribution in [0.4, 0.5) is 0 Å². The van der Waals surface area contributed by atoms with Crippen molar-refractivity contribution in [3.63, 3.8) is 0 Å². The zero-order valence-electron chi connectivity index (χ0n) is 13.8. The Kier molecular flexibility index (Phi) is 5.92. The largest absolute Gasteiger partial charge is 0.497 e. The highest BCUT2D eigenvalue weighted by Gasteiger charge is 2.20. The predicted molar refractivity (Wildman–Crippen MR) is 87.1 cm³/mol. The van der Waals surface area contributed by atoms with Gasteiger partial charge in [0.15, 0.2) is 0 Å². The van der Waals surface area contributed by atoms with Gasteiger partial charge in [0.05, 0.1) is 14.2 Å². The summed E-state index contributed by atoms with van der Waals surface area (Å²) < 4.78 is 10.8. The SMILES string of the molecule is COc1ccc(OC)c(C(C)NC2CCCC(C)CC2)c1. The van der Waals surface area contributed by atoms with Gasteiger partial charge in [-0.15, -0.1) is 0 Å². The highest BCUT2D eigenvalue weighted by atomic mass is 16.5. The van der Waals surface area contributed by atoms with Crippen LogP contribution in [0, 0.1) is 5.92 Å². The summed E-state index contributed by atoms with van der Waals surface area (Å²) in [5.41, 5.74) is 1.18. The molecule has 118 valence electrons. The predicted octanol–water partition coefficient (Wildman–Crippen LogP) is 4.32. The van der Waals surface area contributed by atoms with Gasteiger partial charge in [-0.2, -0.15) is 0 Å². The third-order valence-corrected chi connectivity index (χ3v) is 4.65. The number of hydrogen-bond acceptors (Lipinski definition) is 3. The van der Waals surface area contributed by atoms with E-state index in [1.165, 1.54) is 37.7 Å². The van der Waals surface area contributed by atoms with Crippen molar-refractivity contribution in [1.29, 1.82) is 0 Å². The first kappa shape index (κ1) is 16.2. The fourth-order valence-corrected chi connectivity index (χ4v) is 3.27. The van der Waals surface area contributed by atoms with Gasteiger partial charge in [-0.25, -0.2) is 0 Å². The highest BCUT2D eigenvalue weighted by Crippen LogP contribution is 2.31. The average molecular weight is 291 g/mol. The molecule has 1 fully saturated rings. The Morgan fingerprint density at radius 3 is 2.62 bits per heavy atom. The van der Waals surface area contributed by atoms with E-state index in [4.69, 9.17) is 9.47 Å². The van der Waals surface area contributed by atoms with Crippen LogP contribution in [0.25, 0.3) is 0 Å². The van der Waals surface area contributed by atoms with Crippen molar-refractivity contribution in [1.82, 2.24) is 5.32 Å². The third-order valence-electron chi connectivity index (χ3n) is 4.65. The van der Waals surface area contributed by atoms with E-state index in [9.17, 15) is 0 Å². The molecular weight excluding hydrogens is 262 g/mol. The molecule has 1 saturated carbocycles. The topological polar surface area (TPSA) is 30.5 Å². The lowest BCUT2D eigenvalue weighted by molar-refractivity contribution is 0.374. The molecule has 1 aromatic rings. The summed E-state index contributed by atoms with van der Waals surface area (Å²) in [5, 5.41) is 3.79. The summed E-state index contributed by atoms with van der Waals surface area (Å²) in [6.45, 7) is 4.59. The third kappa shape index (κ3) is 4.37. The van der Waals surface area contributed by atoms with E-state index >= 15 is 0 Å². The number of benzene rings is 1. The van der Waals surface area contributed by atoms with E-state index in [1.807, 2.05) is 12.1 Å². The Morgan fingerprint density at radius 2 is 1.90 bits per heavy atom. The van der Waals surface area contributed by atoms with E-state index in [-0.39, 0.29) is 6.04 Å². The molecule has 0 spiro atoms. The molecule has 1 N–H and O–H groups in total. The Labute approximate surface area is 129 Å². The van der Waals surface area contributed by atoms with Crippen LogP contribution in [-0.4, -0.2) is 20.3 Å². The molecule has 0 amide bonds. The van der Waals surface area contributed by atoms with Crippen molar-refractivity contribution in [3.05, 3.63) is 23.8 Å². The van der Waals surface area contributed by atoms with Crippen molar-refractivity contribution in [2.75, 3.05) is 14.2 Å². The van der Waals surface area contributed by atoms with Crippen LogP contribution in [0.15, 0.2) is 18.2 Å². The van der Waals surface area contributed by atoms with Crippen molar-refractivity contribution in [2.24, 2.45) is 5.92 Å². The van der Waals surface area contributed by atoms with Crippen LogP contribution in [0.1, 0.15) is 57.6 Å². The number of ether oxygens (including phenoxy) is 2. The van der Waals surface area contributed by atoms with Crippen LogP contribution in [0.5, 0.6) is 11.5 Å². The Morgan fingerprint density at radius 1 is 1.10 bits per heavy atom. The van der Waals surface area contributed by atoms with Crippen molar-refractivity contribution in [2.45, 2.75) is 58.0 Å². The molecule has 1 aliphatic rings. The maximum atomic E-state index is 5.50. The van der Waals surface area contributed by atoms with Crippen molar-refractivity contribution < 1.29 is 9.47 Å². The fraction of sp³-hybridized carbons (Fsp3) is 0.667. The van der Waals surface area contributed by atoms with Crippen LogP contribution < -0.4 is 14.8 Å². The quantitative estimate of drug-likeness (QED) is 0.819. The Hall–Kier alpha value is -1.22. The van der Waals surface area contributed by atoms with Gasteiger partial charge in [-0.1, -0.05) is 19.8 Å². The van der Waals surface area contributed by atoms with E-state index in [0.717, 1.165) is 17.4 Å². The second-order valence-corrected chi connectivity index (χ2v) is 6.31. The molecule has 3 nitrogen and oxygen atoms in total. The first-order valence-corrected chi connectivity index (χ1v) is 8.12. The summed E-state index contributed by atoms with van der Waals surface area (Å²) in [6.07, 6.45) is 6.59. The van der Waals surface area contributed by atoms with Gasteiger partial charge in [0.2, 0.25) is 0 Å². The van der Waals surface area contributed by atoms with E-state index in [2.05, 4.69) is 25.2 Å². The number of rotatable bonds is 5. The molecule has 3 atom stereocenters. The standard InChI is InChI=1S/C18H29NO2/c1-13-6-5-7-15(9-8-13)19-14(2)17-12-16(20-3)10-11-18(17)21-4/h10-15,19H,5-9H2,1-4H3. The molecule has 21 heavy (non-hydrogen) atoms. The molecule has 2 rings (SSSR count). The first-order valence-electron chi connectivity index (χ1n) is 8.12. The van der Waals surface area contributed by atoms with Crippen LogP contribution in [-0.2, 0) is 0 Å². The van der Waals surface area contributed by atoms with Gasteiger partial charge >= 0.3 is 0 Å². The smallest absolute Gasteiger partial charge is 0.123 e. The monoisotopic (exact) mass is 291 g/mol. The molecule has 1 aromatic carbocycles. The van der Waals surface area contributed by atoms with Crippen molar-refractivity contribution in [3.8, 4) is 11.5 Å². The Bertz CT molecular complexity index is 447. The van der Waals surface area contributed by atoms with Gasteiger partial charge in [-0.05, 0) is 50.3 Å². The van der Waals surface area contributed by atoms with E-state index in [0.29, 0.717) is 6.04 Å². The molecule has 3 unspecified atom stereocenters. The summed E-state index contributed by atoms with van der Waals surface area (Å²) in [7, 11) is 3.43. The second-order valence-electron chi connectivity index (χ2n) is 6.31. The second kappa shape index (κ2) is 7.69. The maximum absolute atomic E-state index is 5.50. The van der Waals surface area contributed by atoms with Gasteiger partial charge in [0.25, 0.3) is 0 Å². The lowest BCUT2D eigenvalue weighted by Crippen LogP contribution is -2.31. The van der Waals surface area contributed by atoms with Crippen molar-refractivity contribution >= 4 is 0 Å². The van der Waals surface area contributed by atoms with Gasteiger partial charge in [-0.3, -0.25) is 0 Å². The van der Waals surface area contributed by atoms with E-state index in [1.54, 1.807) is 14.2 Å². The molecule has 1 aliphatic carbocycles. The molecule has 0 heterocycles. The molecule has 3 heteroatoms. The van der Waals surface area contributed by atoms with E-state index < -0.39 is 0 Å². The summed E-state index contributed by atoms with van der Waals surface area (Å²) in [5.74, 6) is 2.69. The van der Waals surface area contributed by atoms with Crippen LogP contribution >= 0.6 is 0 Å². The number of nitrogens with one attached hydrogen (secondary N) is 1. The van der Waals surface area contributed by atoms with Gasteiger partial charge in [0, 0.05) is 17.6 Å². The number of methoxy groups -OCH3 is 2.